The highest BCUT2D eigenvalue weighted by Gasteiger charge is 2.36. The van der Waals surface area contributed by atoms with Crippen LogP contribution in [0.3, 0.4) is 0 Å². The Bertz CT molecular complexity index is 1480. The SMILES string of the molecule is C=CCCc1ccccc1CNC(=O)c1cc2nc(C)c([C@H](OC(C)(C)C)C(=O)OCC)c(N3CCC(CC=C)CC3)n2n1. The van der Waals surface area contributed by atoms with Crippen LogP contribution >= 0.6 is 0 Å². The van der Waals surface area contributed by atoms with Gasteiger partial charge in [0, 0.05) is 31.4 Å². The number of carbonyl (C=O) groups excluding carboxylic acids is 2. The van der Waals surface area contributed by atoms with E-state index in [9.17, 15) is 9.59 Å². The number of rotatable bonds is 13. The number of carbonyl (C=O) groups is 2. The predicted octanol–water partition coefficient (Wildman–Crippen LogP) is 6.30. The van der Waals surface area contributed by atoms with Crippen LogP contribution in [-0.4, -0.2) is 51.8 Å². The Morgan fingerprint density at radius 1 is 1.14 bits per heavy atom. The van der Waals surface area contributed by atoms with Crippen molar-refractivity contribution >= 4 is 23.3 Å². The van der Waals surface area contributed by atoms with E-state index in [1.165, 1.54) is 5.56 Å². The van der Waals surface area contributed by atoms with Gasteiger partial charge in [0.15, 0.2) is 17.4 Å². The molecule has 2 aromatic heterocycles. The monoisotopic (exact) mass is 601 g/mol. The average Bonchev–Trinajstić information content (AvgIpc) is 3.41. The zero-order chi connectivity index (χ0) is 31.9. The third-order valence-electron chi connectivity index (χ3n) is 7.86. The number of hydrogen-bond acceptors (Lipinski definition) is 7. The quantitative estimate of drug-likeness (QED) is 0.181. The maximum atomic E-state index is 13.4. The van der Waals surface area contributed by atoms with Crippen molar-refractivity contribution in [2.24, 2.45) is 5.92 Å². The molecule has 0 aliphatic carbocycles. The van der Waals surface area contributed by atoms with Crippen LogP contribution in [0.4, 0.5) is 5.82 Å². The molecule has 236 valence electrons. The summed E-state index contributed by atoms with van der Waals surface area (Å²) < 4.78 is 13.5. The van der Waals surface area contributed by atoms with Crippen molar-refractivity contribution in [2.75, 3.05) is 24.6 Å². The molecule has 1 N–H and O–H groups in total. The molecule has 1 amide bonds. The van der Waals surface area contributed by atoms with Gasteiger partial charge in [0.05, 0.1) is 17.8 Å². The first-order valence-electron chi connectivity index (χ1n) is 15.6. The number of benzene rings is 1. The normalized spacial score (nSPS) is 14.8. The van der Waals surface area contributed by atoms with Crippen LogP contribution in [0, 0.1) is 12.8 Å². The van der Waals surface area contributed by atoms with Gasteiger partial charge in [-0.3, -0.25) is 4.79 Å². The van der Waals surface area contributed by atoms with Crippen LogP contribution in [0.1, 0.15) is 92.4 Å². The molecule has 3 heterocycles. The van der Waals surface area contributed by atoms with E-state index in [2.05, 4.69) is 29.4 Å². The standard InChI is InChI=1S/C35H47N5O4/c1-8-11-15-26-16-12-13-17-27(26)23-36-32(41)28-22-29-37-24(4)30(31(34(42)43-10-3)44-35(5,6)7)33(40(29)38-28)39-20-18-25(14-9-2)19-21-39/h8-9,12-13,16-17,22,25,31H,1-2,10-11,14-15,18-21,23H2,3-7H3,(H,36,41)/t31-/m0/s1. The predicted molar refractivity (Wildman–Crippen MR) is 174 cm³/mol. The number of hydrogen-bond donors (Lipinski definition) is 1. The smallest absolute Gasteiger partial charge is 0.340 e. The van der Waals surface area contributed by atoms with Gasteiger partial charge >= 0.3 is 5.97 Å². The number of nitrogens with one attached hydrogen (secondary N) is 1. The lowest BCUT2D eigenvalue weighted by Gasteiger charge is -2.36. The third-order valence-corrected chi connectivity index (χ3v) is 7.86. The highest BCUT2D eigenvalue weighted by molar-refractivity contribution is 5.93. The number of nitrogens with zero attached hydrogens (tertiary/aromatic N) is 4. The van der Waals surface area contributed by atoms with E-state index in [0.29, 0.717) is 35.2 Å². The molecule has 0 spiro atoms. The summed E-state index contributed by atoms with van der Waals surface area (Å²) in [7, 11) is 0. The van der Waals surface area contributed by atoms with Crippen LogP contribution < -0.4 is 10.2 Å². The number of aromatic nitrogens is 3. The lowest BCUT2D eigenvalue weighted by molar-refractivity contribution is -0.166. The summed E-state index contributed by atoms with van der Waals surface area (Å²) >= 11 is 0. The molecule has 1 saturated heterocycles. The first-order valence-corrected chi connectivity index (χ1v) is 15.6. The average molecular weight is 602 g/mol. The second-order valence-electron chi connectivity index (χ2n) is 12.3. The fraction of sp³-hybridized carbons (Fsp3) is 0.486. The van der Waals surface area contributed by atoms with Gasteiger partial charge in [-0.25, -0.2) is 9.78 Å². The lowest BCUT2D eigenvalue weighted by atomic mass is 9.93. The number of esters is 1. The van der Waals surface area contributed by atoms with Crippen LogP contribution in [0.5, 0.6) is 0 Å². The molecule has 3 aromatic rings. The summed E-state index contributed by atoms with van der Waals surface area (Å²) in [6.07, 6.45) is 7.49. The zero-order valence-electron chi connectivity index (χ0n) is 26.9. The Kier molecular flexibility index (Phi) is 11.0. The number of ether oxygens (including phenoxy) is 2. The van der Waals surface area contributed by atoms with Gasteiger partial charge in [0.1, 0.15) is 5.82 Å². The van der Waals surface area contributed by atoms with Crippen LogP contribution in [0.15, 0.2) is 55.6 Å². The highest BCUT2D eigenvalue weighted by atomic mass is 16.6. The van der Waals surface area contributed by atoms with Crippen molar-refractivity contribution < 1.29 is 19.1 Å². The fourth-order valence-electron chi connectivity index (χ4n) is 5.75. The van der Waals surface area contributed by atoms with Crippen LogP contribution in [0.2, 0.25) is 0 Å². The molecule has 0 radical (unpaired) electrons. The molecule has 1 aromatic carbocycles. The van der Waals surface area contributed by atoms with E-state index in [1.54, 1.807) is 17.5 Å². The first-order chi connectivity index (χ1) is 21.1. The number of amides is 1. The summed E-state index contributed by atoms with van der Waals surface area (Å²) in [5.74, 6) is 0.484. The van der Waals surface area contributed by atoms with Gasteiger partial charge in [0.2, 0.25) is 0 Å². The molecule has 4 rings (SSSR count). The van der Waals surface area contributed by atoms with E-state index in [0.717, 1.165) is 50.8 Å². The number of aryl methyl sites for hydroxylation is 2. The summed E-state index contributed by atoms with van der Waals surface area (Å²) in [6.45, 7) is 19.3. The molecule has 44 heavy (non-hydrogen) atoms. The second kappa shape index (κ2) is 14.7. The molecule has 1 atom stereocenters. The van der Waals surface area contributed by atoms with Crippen molar-refractivity contribution in [3.05, 3.63) is 83.7 Å². The molecule has 9 heteroatoms. The lowest BCUT2D eigenvalue weighted by Crippen LogP contribution is -2.38. The Labute approximate surface area is 261 Å². The molecule has 0 saturated carbocycles. The number of anilines is 1. The minimum atomic E-state index is -1.01. The minimum absolute atomic E-state index is 0.225. The molecule has 1 fully saturated rings. The zero-order valence-corrected chi connectivity index (χ0v) is 26.9. The first kappa shape index (κ1) is 32.9. The maximum absolute atomic E-state index is 13.4. The van der Waals surface area contributed by atoms with Gasteiger partial charge < -0.3 is 19.7 Å². The highest BCUT2D eigenvalue weighted by Crippen LogP contribution is 2.37. The van der Waals surface area contributed by atoms with Crippen molar-refractivity contribution in [2.45, 2.75) is 85.0 Å². The number of fused-ring (bicyclic) bond motifs is 1. The van der Waals surface area contributed by atoms with E-state index in [4.69, 9.17) is 19.6 Å². The Morgan fingerprint density at radius 3 is 2.48 bits per heavy atom. The molecule has 9 nitrogen and oxygen atoms in total. The summed E-state index contributed by atoms with van der Waals surface area (Å²) in [5.41, 5.74) is 3.63. The Hall–Kier alpha value is -3.98. The third kappa shape index (κ3) is 7.94. The largest absolute Gasteiger partial charge is 0.464 e. The Balaban J connectivity index is 1.75. The fourth-order valence-corrected chi connectivity index (χ4v) is 5.75. The summed E-state index contributed by atoms with van der Waals surface area (Å²) in [4.78, 5) is 33.9. The second-order valence-corrected chi connectivity index (χ2v) is 12.3. The van der Waals surface area contributed by atoms with Gasteiger partial charge in [-0.2, -0.15) is 9.61 Å². The topological polar surface area (TPSA) is 98.1 Å². The van der Waals surface area contributed by atoms with Crippen molar-refractivity contribution in [3.8, 4) is 0 Å². The molecule has 0 bridgehead atoms. The van der Waals surface area contributed by atoms with E-state index < -0.39 is 17.7 Å². The van der Waals surface area contributed by atoms with Gasteiger partial charge in [-0.1, -0.05) is 36.4 Å². The van der Waals surface area contributed by atoms with Crippen molar-refractivity contribution in [3.63, 3.8) is 0 Å². The van der Waals surface area contributed by atoms with Gasteiger partial charge in [-0.05, 0) is 83.8 Å². The molecular weight excluding hydrogens is 554 g/mol. The van der Waals surface area contributed by atoms with E-state index in [-0.39, 0.29) is 18.2 Å². The molecule has 1 aliphatic rings. The summed E-state index contributed by atoms with van der Waals surface area (Å²) in [6, 6.07) is 9.79. The van der Waals surface area contributed by atoms with E-state index >= 15 is 0 Å². The number of allylic oxidation sites excluding steroid dienone is 2. The van der Waals surface area contributed by atoms with Crippen LogP contribution in [0.25, 0.3) is 5.65 Å². The number of piperidine rings is 1. The Morgan fingerprint density at radius 2 is 1.84 bits per heavy atom. The van der Waals surface area contributed by atoms with Crippen LogP contribution in [-0.2, 0) is 27.2 Å². The maximum Gasteiger partial charge on any atom is 0.340 e. The van der Waals surface area contributed by atoms with Crippen molar-refractivity contribution in [1.82, 2.24) is 19.9 Å². The van der Waals surface area contributed by atoms with Crippen molar-refractivity contribution in [1.29, 1.82) is 0 Å². The molecule has 1 aliphatic heterocycles. The summed E-state index contributed by atoms with van der Waals surface area (Å²) in [5, 5.41) is 7.82. The van der Waals surface area contributed by atoms with E-state index in [1.807, 2.05) is 58.0 Å². The molecule has 0 unspecified atom stereocenters. The minimum Gasteiger partial charge on any atom is -0.464 e. The van der Waals surface area contributed by atoms with Gasteiger partial charge in [0.25, 0.3) is 5.91 Å². The van der Waals surface area contributed by atoms with Gasteiger partial charge in [-0.15, -0.1) is 13.2 Å². The molecular formula is C35H47N5O4.